The molecule has 148 valence electrons. The predicted octanol–water partition coefficient (Wildman–Crippen LogP) is 3.29. The van der Waals surface area contributed by atoms with Crippen LogP contribution in [0.3, 0.4) is 0 Å². The fourth-order valence-corrected chi connectivity index (χ4v) is 4.61. The summed E-state index contributed by atoms with van der Waals surface area (Å²) in [5.74, 6) is -0.219. The zero-order valence-corrected chi connectivity index (χ0v) is 16.7. The van der Waals surface area contributed by atoms with Gasteiger partial charge >= 0.3 is 0 Å². The molecule has 7 nitrogen and oxygen atoms in total. The molecule has 5 rings (SSSR count). The number of para-hydroxylation sites is 1. The quantitative estimate of drug-likeness (QED) is 0.665. The molecule has 30 heavy (non-hydrogen) atoms. The summed E-state index contributed by atoms with van der Waals surface area (Å²) in [6.45, 7) is 2.04. The Balaban J connectivity index is 1.80. The van der Waals surface area contributed by atoms with Crippen molar-refractivity contribution in [1.82, 2.24) is 10.2 Å². The van der Waals surface area contributed by atoms with Crippen LogP contribution in [0.25, 0.3) is 0 Å². The van der Waals surface area contributed by atoms with Gasteiger partial charge in [-0.25, -0.2) is 0 Å². The first kappa shape index (κ1) is 18.3. The van der Waals surface area contributed by atoms with Crippen molar-refractivity contribution in [2.45, 2.75) is 18.9 Å². The Hall–Kier alpha value is -3.76. The first-order valence-electron chi connectivity index (χ1n) is 9.28. The van der Waals surface area contributed by atoms with Crippen LogP contribution in [0, 0.1) is 18.3 Å². The first-order valence-corrected chi connectivity index (χ1v) is 9.66. The number of amides is 1. The molecule has 1 amide bonds. The van der Waals surface area contributed by atoms with E-state index in [1.165, 1.54) is 0 Å². The number of nitrogens with zero attached hydrogens (tertiary/aromatic N) is 3. The third kappa shape index (κ3) is 2.19. The van der Waals surface area contributed by atoms with Gasteiger partial charge in [0.1, 0.15) is 17.1 Å². The second-order valence-electron chi connectivity index (χ2n) is 7.23. The van der Waals surface area contributed by atoms with Gasteiger partial charge in [0.15, 0.2) is 0 Å². The highest BCUT2D eigenvalue weighted by Gasteiger charge is 2.60. The van der Waals surface area contributed by atoms with Crippen molar-refractivity contribution in [3.63, 3.8) is 0 Å². The summed E-state index contributed by atoms with van der Waals surface area (Å²) in [6.07, 6.45) is 0. The minimum atomic E-state index is -1.43. The van der Waals surface area contributed by atoms with E-state index >= 15 is 0 Å². The molecule has 2 aromatic carbocycles. The van der Waals surface area contributed by atoms with Gasteiger partial charge in [-0.05, 0) is 24.6 Å². The van der Waals surface area contributed by atoms with Gasteiger partial charge < -0.3 is 15.4 Å². The zero-order valence-electron chi connectivity index (χ0n) is 15.9. The number of aromatic nitrogens is 2. The van der Waals surface area contributed by atoms with Gasteiger partial charge in [-0.15, -0.1) is 5.10 Å². The van der Waals surface area contributed by atoms with E-state index in [9.17, 15) is 10.1 Å². The third-order valence-corrected chi connectivity index (χ3v) is 6.05. The number of carbonyl (C=O) groups excluding carboxylic acids is 1. The lowest BCUT2D eigenvalue weighted by Crippen LogP contribution is -2.45. The van der Waals surface area contributed by atoms with Crippen molar-refractivity contribution in [2.24, 2.45) is 5.73 Å². The highest BCUT2D eigenvalue weighted by Crippen LogP contribution is 2.55. The van der Waals surface area contributed by atoms with Crippen molar-refractivity contribution < 1.29 is 9.53 Å². The molecule has 0 saturated heterocycles. The minimum Gasteiger partial charge on any atom is -0.420 e. The largest absolute Gasteiger partial charge is 0.420 e. The second kappa shape index (κ2) is 6.37. The van der Waals surface area contributed by atoms with Crippen LogP contribution in [-0.4, -0.2) is 16.1 Å². The summed E-state index contributed by atoms with van der Waals surface area (Å²) in [7, 11) is 0. The Labute approximate surface area is 177 Å². The standard InChI is InChI=1S/C22H16ClN5O2/c1-12-18-20(27-26-12)30-19(25)15(10-24)22(18)14-7-3-5-9-17(14)28(21(22)29)11-13-6-2-4-8-16(13)23/h2-9H,11,25H2,1H3,(H,26,27). The van der Waals surface area contributed by atoms with Crippen molar-refractivity contribution in [3.8, 4) is 11.9 Å². The number of aryl methyl sites for hydroxylation is 1. The SMILES string of the molecule is Cc1[nH]nc2c1C1(C(=O)N(Cc3ccccc3Cl)c3ccccc31)C(C#N)=C(N)O2. The lowest BCUT2D eigenvalue weighted by molar-refractivity contribution is -0.121. The molecule has 0 radical (unpaired) electrons. The van der Waals surface area contributed by atoms with Gasteiger partial charge in [0.05, 0.1) is 12.1 Å². The molecule has 8 heteroatoms. The Morgan fingerprint density at radius 3 is 2.77 bits per heavy atom. The van der Waals surface area contributed by atoms with E-state index in [4.69, 9.17) is 22.1 Å². The summed E-state index contributed by atoms with van der Waals surface area (Å²) in [5.41, 5.74) is 8.01. The molecule has 2 aliphatic rings. The molecule has 3 heterocycles. The first-order chi connectivity index (χ1) is 14.5. The van der Waals surface area contributed by atoms with Gasteiger partial charge in [-0.3, -0.25) is 9.89 Å². The van der Waals surface area contributed by atoms with E-state index in [1.54, 1.807) is 17.9 Å². The van der Waals surface area contributed by atoms with Gasteiger partial charge in [-0.1, -0.05) is 48.0 Å². The number of hydrogen-bond donors (Lipinski definition) is 2. The Bertz CT molecular complexity index is 1290. The third-order valence-electron chi connectivity index (χ3n) is 5.68. The lowest BCUT2D eigenvalue weighted by atomic mass is 9.69. The summed E-state index contributed by atoms with van der Waals surface area (Å²) in [4.78, 5) is 15.8. The average molecular weight is 418 g/mol. The highest BCUT2D eigenvalue weighted by molar-refractivity contribution is 6.31. The molecule has 1 atom stereocenters. The molecular formula is C22H16ClN5O2. The van der Waals surface area contributed by atoms with E-state index in [1.807, 2.05) is 42.5 Å². The fraction of sp³-hybridized carbons (Fsp3) is 0.136. The molecule has 2 aliphatic heterocycles. The summed E-state index contributed by atoms with van der Waals surface area (Å²) < 4.78 is 5.58. The zero-order chi connectivity index (χ0) is 21.0. The van der Waals surface area contributed by atoms with Crippen LogP contribution in [-0.2, 0) is 16.8 Å². The molecule has 0 saturated carbocycles. The average Bonchev–Trinajstić information content (AvgIpc) is 3.22. The van der Waals surface area contributed by atoms with E-state index in [0.717, 1.165) is 5.56 Å². The van der Waals surface area contributed by atoms with Crippen LogP contribution in [0.5, 0.6) is 5.88 Å². The fourth-order valence-electron chi connectivity index (χ4n) is 4.42. The number of carbonyl (C=O) groups is 1. The smallest absolute Gasteiger partial charge is 0.248 e. The normalized spacial score (nSPS) is 19.5. The minimum absolute atomic E-state index is 0.0543. The number of fused-ring (bicyclic) bond motifs is 4. The maximum atomic E-state index is 14.1. The van der Waals surface area contributed by atoms with Crippen LogP contribution in [0.4, 0.5) is 5.69 Å². The summed E-state index contributed by atoms with van der Waals surface area (Å²) in [6, 6.07) is 16.9. The van der Waals surface area contributed by atoms with Crippen LogP contribution < -0.4 is 15.4 Å². The Morgan fingerprint density at radius 1 is 1.27 bits per heavy atom. The molecule has 1 spiro atoms. The number of nitrogens with two attached hydrogens (primary N) is 1. The number of aromatic amines is 1. The number of nitriles is 1. The summed E-state index contributed by atoms with van der Waals surface area (Å²) in [5, 5.41) is 17.6. The number of H-pyrrole nitrogens is 1. The van der Waals surface area contributed by atoms with Crippen molar-refractivity contribution in [3.05, 3.63) is 87.4 Å². The molecular weight excluding hydrogens is 402 g/mol. The Morgan fingerprint density at radius 2 is 2.00 bits per heavy atom. The molecule has 0 bridgehead atoms. The second-order valence-corrected chi connectivity index (χ2v) is 7.64. The number of ether oxygens (including phenoxy) is 1. The van der Waals surface area contributed by atoms with E-state index in [0.29, 0.717) is 27.5 Å². The number of hydrogen-bond acceptors (Lipinski definition) is 5. The lowest BCUT2D eigenvalue weighted by Gasteiger charge is -2.32. The number of halogens is 1. The van der Waals surface area contributed by atoms with Crippen molar-refractivity contribution in [2.75, 3.05) is 4.90 Å². The number of anilines is 1. The van der Waals surface area contributed by atoms with Crippen molar-refractivity contribution >= 4 is 23.2 Å². The van der Waals surface area contributed by atoms with Gasteiger partial charge in [0.2, 0.25) is 17.7 Å². The monoisotopic (exact) mass is 417 g/mol. The van der Waals surface area contributed by atoms with Crippen LogP contribution in [0.15, 0.2) is 60.0 Å². The van der Waals surface area contributed by atoms with E-state index in [-0.39, 0.29) is 29.8 Å². The summed E-state index contributed by atoms with van der Waals surface area (Å²) >= 11 is 6.37. The number of benzene rings is 2. The van der Waals surface area contributed by atoms with Crippen LogP contribution >= 0.6 is 11.6 Å². The maximum absolute atomic E-state index is 14.1. The van der Waals surface area contributed by atoms with E-state index in [2.05, 4.69) is 16.3 Å². The molecule has 0 fully saturated rings. The van der Waals surface area contributed by atoms with Crippen LogP contribution in [0.1, 0.15) is 22.4 Å². The van der Waals surface area contributed by atoms with Gasteiger partial charge in [0, 0.05) is 22.0 Å². The van der Waals surface area contributed by atoms with Crippen molar-refractivity contribution in [1.29, 1.82) is 5.26 Å². The van der Waals surface area contributed by atoms with Crippen LogP contribution in [0.2, 0.25) is 5.02 Å². The molecule has 1 unspecified atom stereocenters. The van der Waals surface area contributed by atoms with Gasteiger partial charge in [-0.2, -0.15) is 5.26 Å². The number of rotatable bonds is 2. The maximum Gasteiger partial charge on any atom is 0.248 e. The number of nitrogens with one attached hydrogen (secondary N) is 1. The molecule has 3 N–H and O–H groups in total. The molecule has 1 aromatic heterocycles. The predicted molar refractivity (Wildman–Crippen MR) is 111 cm³/mol. The van der Waals surface area contributed by atoms with E-state index < -0.39 is 5.41 Å². The topological polar surface area (TPSA) is 108 Å². The van der Waals surface area contributed by atoms with Gasteiger partial charge in [0.25, 0.3) is 0 Å². The Kier molecular flexibility index (Phi) is 3.88. The molecule has 0 aliphatic carbocycles. The molecule has 3 aromatic rings. The highest BCUT2D eigenvalue weighted by atomic mass is 35.5.